The van der Waals surface area contributed by atoms with Crippen LogP contribution >= 0.6 is 0 Å². The fourth-order valence-electron chi connectivity index (χ4n) is 2.59. The quantitative estimate of drug-likeness (QED) is 0.757. The van der Waals surface area contributed by atoms with Crippen molar-refractivity contribution >= 4 is 10.8 Å². The highest BCUT2D eigenvalue weighted by molar-refractivity contribution is 5.82. The average Bonchev–Trinajstić information content (AvgIpc) is 2.59. The fourth-order valence-corrected chi connectivity index (χ4v) is 2.59. The molecule has 0 saturated carbocycles. The van der Waals surface area contributed by atoms with E-state index in [2.05, 4.69) is 0 Å². The van der Waals surface area contributed by atoms with E-state index in [0.29, 0.717) is 24.2 Å². The predicted molar refractivity (Wildman–Crippen MR) is 92.6 cm³/mol. The SMILES string of the molecule is NCCCn1ccc2cc(OCc3cccc(F)c3)ccc2c1=O. The van der Waals surface area contributed by atoms with Gasteiger partial charge in [-0.05, 0) is 60.3 Å². The van der Waals surface area contributed by atoms with Crippen molar-refractivity contribution in [2.75, 3.05) is 6.54 Å². The van der Waals surface area contributed by atoms with Crippen molar-refractivity contribution in [2.24, 2.45) is 5.73 Å². The number of halogens is 1. The summed E-state index contributed by atoms with van der Waals surface area (Å²) >= 11 is 0. The molecule has 0 aliphatic heterocycles. The molecule has 3 aromatic rings. The molecular weight excluding hydrogens is 307 g/mol. The highest BCUT2D eigenvalue weighted by Crippen LogP contribution is 2.19. The van der Waals surface area contributed by atoms with Crippen LogP contribution in [-0.4, -0.2) is 11.1 Å². The average molecular weight is 326 g/mol. The summed E-state index contributed by atoms with van der Waals surface area (Å²) in [4.78, 5) is 12.4. The van der Waals surface area contributed by atoms with Crippen LogP contribution in [0.3, 0.4) is 0 Å². The van der Waals surface area contributed by atoms with Gasteiger partial charge in [0.25, 0.3) is 5.56 Å². The van der Waals surface area contributed by atoms with Crippen molar-refractivity contribution in [3.8, 4) is 5.75 Å². The lowest BCUT2D eigenvalue weighted by Crippen LogP contribution is -2.20. The standard InChI is InChI=1S/C19H19FN2O2/c20-16-4-1-3-14(11-16)13-24-17-5-6-18-15(12-17)7-10-22(19(18)23)9-2-8-21/h1,3-7,10-12H,2,8-9,13,21H2. The van der Waals surface area contributed by atoms with Gasteiger partial charge in [0.2, 0.25) is 0 Å². The maximum atomic E-state index is 13.2. The Morgan fingerprint density at radius 1 is 1.12 bits per heavy atom. The minimum Gasteiger partial charge on any atom is -0.489 e. The first-order valence-electron chi connectivity index (χ1n) is 7.88. The zero-order chi connectivity index (χ0) is 16.9. The molecule has 0 unspecified atom stereocenters. The molecule has 0 aliphatic carbocycles. The van der Waals surface area contributed by atoms with Gasteiger partial charge in [0, 0.05) is 18.1 Å². The Morgan fingerprint density at radius 3 is 2.79 bits per heavy atom. The van der Waals surface area contributed by atoms with E-state index in [9.17, 15) is 9.18 Å². The van der Waals surface area contributed by atoms with Crippen molar-refractivity contribution in [3.05, 3.63) is 76.5 Å². The molecule has 0 spiro atoms. The Morgan fingerprint density at radius 2 is 2.00 bits per heavy atom. The molecule has 0 radical (unpaired) electrons. The van der Waals surface area contributed by atoms with E-state index in [1.165, 1.54) is 12.1 Å². The molecular formula is C19H19FN2O2. The Balaban J connectivity index is 1.80. The third-order valence-corrected chi connectivity index (χ3v) is 3.85. The van der Waals surface area contributed by atoms with Crippen LogP contribution in [-0.2, 0) is 13.2 Å². The molecule has 0 atom stereocenters. The maximum absolute atomic E-state index is 13.2. The number of aryl methyl sites for hydroxylation is 1. The lowest BCUT2D eigenvalue weighted by atomic mass is 10.1. The van der Waals surface area contributed by atoms with Crippen molar-refractivity contribution in [1.29, 1.82) is 0 Å². The topological polar surface area (TPSA) is 57.2 Å². The monoisotopic (exact) mass is 326 g/mol. The van der Waals surface area contributed by atoms with Gasteiger partial charge < -0.3 is 15.0 Å². The number of rotatable bonds is 6. The molecule has 2 N–H and O–H groups in total. The number of aromatic nitrogens is 1. The molecule has 0 aliphatic rings. The molecule has 1 aromatic heterocycles. The van der Waals surface area contributed by atoms with E-state index in [-0.39, 0.29) is 18.0 Å². The summed E-state index contributed by atoms with van der Waals surface area (Å²) in [6.45, 7) is 1.44. The van der Waals surface area contributed by atoms with Crippen molar-refractivity contribution < 1.29 is 9.13 Å². The smallest absolute Gasteiger partial charge is 0.258 e. The third-order valence-electron chi connectivity index (χ3n) is 3.85. The van der Waals surface area contributed by atoms with Crippen molar-refractivity contribution in [1.82, 2.24) is 4.57 Å². The van der Waals surface area contributed by atoms with Gasteiger partial charge in [0.05, 0.1) is 0 Å². The molecule has 0 bridgehead atoms. The number of fused-ring (bicyclic) bond motifs is 1. The molecule has 124 valence electrons. The molecule has 1 heterocycles. The van der Waals surface area contributed by atoms with Crippen LogP contribution in [0.2, 0.25) is 0 Å². The van der Waals surface area contributed by atoms with Gasteiger partial charge in [-0.3, -0.25) is 4.79 Å². The first kappa shape index (κ1) is 16.2. The van der Waals surface area contributed by atoms with Gasteiger partial charge >= 0.3 is 0 Å². The third kappa shape index (κ3) is 3.63. The summed E-state index contributed by atoms with van der Waals surface area (Å²) in [6, 6.07) is 13.5. The van der Waals surface area contributed by atoms with Crippen LogP contribution in [0, 0.1) is 5.82 Å². The second-order valence-electron chi connectivity index (χ2n) is 5.62. The number of ether oxygens (including phenoxy) is 1. The second kappa shape index (κ2) is 7.27. The van der Waals surface area contributed by atoms with Gasteiger partial charge in [-0.25, -0.2) is 4.39 Å². The van der Waals surface area contributed by atoms with E-state index in [1.54, 1.807) is 35.0 Å². The number of nitrogens with two attached hydrogens (primary N) is 1. The lowest BCUT2D eigenvalue weighted by molar-refractivity contribution is 0.306. The lowest BCUT2D eigenvalue weighted by Gasteiger charge is -2.09. The molecule has 0 fully saturated rings. The van der Waals surface area contributed by atoms with Crippen LogP contribution < -0.4 is 16.0 Å². The Kier molecular flexibility index (Phi) is 4.91. The molecule has 2 aromatic carbocycles. The van der Waals surface area contributed by atoms with Crippen LogP contribution in [0.15, 0.2) is 59.5 Å². The summed E-state index contributed by atoms with van der Waals surface area (Å²) in [7, 11) is 0. The maximum Gasteiger partial charge on any atom is 0.258 e. The van der Waals surface area contributed by atoms with Crippen LogP contribution in [0.1, 0.15) is 12.0 Å². The summed E-state index contributed by atoms with van der Waals surface area (Å²) < 4.78 is 20.5. The minimum absolute atomic E-state index is 0.0300. The number of hydrogen-bond acceptors (Lipinski definition) is 3. The van der Waals surface area contributed by atoms with Gasteiger partial charge in [0.1, 0.15) is 18.2 Å². The predicted octanol–water partition coefficient (Wildman–Crippen LogP) is 3.07. The van der Waals surface area contributed by atoms with Gasteiger partial charge in [-0.1, -0.05) is 12.1 Å². The van der Waals surface area contributed by atoms with Gasteiger partial charge in [-0.2, -0.15) is 0 Å². The number of hydrogen-bond donors (Lipinski definition) is 1. The van der Waals surface area contributed by atoms with Crippen molar-refractivity contribution in [3.63, 3.8) is 0 Å². The highest BCUT2D eigenvalue weighted by atomic mass is 19.1. The number of pyridine rings is 1. The molecule has 24 heavy (non-hydrogen) atoms. The largest absolute Gasteiger partial charge is 0.489 e. The molecule has 5 heteroatoms. The van der Waals surface area contributed by atoms with E-state index in [4.69, 9.17) is 10.5 Å². The molecule has 3 rings (SSSR count). The minimum atomic E-state index is -0.285. The Hall–Kier alpha value is -2.66. The summed E-state index contributed by atoms with van der Waals surface area (Å²) in [5.41, 5.74) is 6.22. The first-order valence-corrected chi connectivity index (χ1v) is 7.88. The Bertz CT molecular complexity index is 905. The van der Waals surface area contributed by atoms with Crippen molar-refractivity contribution in [2.45, 2.75) is 19.6 Å². The van der Waals surface area contributed by atoms with E-state index in [1.807, 2.05) is 12.1 Å². The first-order chi connectivity index (χ1) is 11.7. The highest BCUT2D eigenvalue weighted by Gasteiger charge is 2.05. The molecule has 4 nitrogen and oxygen atoms in total. The molecule has 0 saturated heterocycles. The summed E-state index contributed by atoms with van der Waals surface area (Å²) in [5, 5.41) is 1.47. The molecule has 0 amide bonds. The Labute approximate surface area is 139 Å². The normalized spacial score (nSPS) is 10.9. The fraction of sp³-hybridized carbons (Fsp3) is 0.211. The van der Waals surface area contributed by atoms with Gasteiger partial charge in [0.15, 0.2) is 0 Å². The number of nitrogens with zero attached hydrogens (tertiary/aromatic N) is 1. The zero-order valence-corrected chi connectivity index (χ0v) is 13.2. The van der Waals surface area contributed by atoms with Gasteiger partial charge in [-0.15, -0.1) is 0 Å². The van der Waals surface area contributed by atoms with E-state index in [0.717, 1.165) is 17.4 Å². The second-order valence-corrected chi connectivity index (χ2v) is 5.62. The zero-order valence-electron chi connectivity index (χ0n) is 13.2. The van der Waals surface area contributed by atoms with E-state index >= 15 is 0 Å². The van der Waals surface area contributed by atoms with Crippen LogP contribution in [0.5, 0.6) is 5.75 Å². The summed E-state index contributed by atoms with van der Waals surface area (Å²) in [6.07, 6.45) is 2.54. The van der Waals surface area contributed by atoms with E-state index < -0.39 is 0 Å². The van der Waals surface area contributed by atoms with Crippen LogP contribution in [0.4, 0.5) is 4.39 Å². The number of benzene rings is 2. The summed E-state index contributed by atoms with van der Waals surface area (Å²) in [5.74, 6) is 0.360. The van der Waals surface area contributed by atoms with Crippen LogP contribution in [0.25, 0.3) is 10.8 Å².